The van der Waals surface area contributed by atoms with E-state index in [-0.39, 0.29) is 36.1 Å². The molecule has 0 atom stereocenters. The van der Waals surface area contributed by atoms with Gasteiger partial charge in [0.2, 0.25) is 11.8 Å². The lowest BCUT2D eigenvalue weighted by molar-refractivity contribution is -0.148. The van der Waals surface area contributed by atoms with E-state index in [1.54, 1.807) is 0 Å². The molecule has 4 bridgehead atoms. The average Bonchev–Trinajstić information content (AvgIpc) is 2.70. The summed E-state index contributed by atoms with van der Waals surface area (Å²) in [6.45, 7) is 5.39. The number of aryl methyl sites for hydroxylation is 2. The molecule has 162 valence electrons. The third-order valence-corrected chi connectivity index (χ3v) is 7.62. The second-order valence-electron chi connectivity index (χ2n) is 9.55. The first-order chi connectivity index (χ1) is 14.3. The summed E-state index contributed by atoms with van der Waals surface area (Å²) in [5.74, 6) is 1.04. The van der Waals surface area contributed by atoms with Crippen molar-refractivity contribution < 1.29 is 14.4 Å². The summed E-state index contributed by atoms with van der Waals surface area (Å²) in [5.41, 5.74) is 2.11. The molecule has 4 saturated carbocycles. The van der Waals surface area contributed by atoms with E-state index in [0.717, 1.165) is 48.9 Å². The highest BCUT2D eigenvalue weighted by molar-refractivity contribution is 6.02. The fourth-order valence-electron chi connectivity index (χ4n) is 6.46. The van der Waals surface area contributed by atoms with Crippen molar-refractivity contribution in [1.29, 1.82) is 0 Å². The van der Waals surface area contributed by atoms with Gasteiger partial charge in [0.15, 0.2) is 0 Å². The highest BCUT2D eigenvalue weighted by Crippen LogP contribution is 2.58. The Bertz CT molecular complexity index is 835. The molecule has 0 aromatic heterocycles. The van der Waals surface area contributed by atoms with E-state index >= 15 is 0 Å². The van der Waals surface area contributed by atoms with Crippen LogP contribution in [0.15, 0.2) is 18.2 Å². The van der Waals surface area contributed by atoms with Crippen LogP contribution in [0.3, 0.4) is 0 Å². The van der Waals surface area contributed by atoms with Gasteiger partial charge in [0.05, 0.1) is 6.54 Å². The van der Waals surface area contributed by atoms with Gasteiger partial charge >= 0.3 is 0 Å². The number of rotatable bonds is 6. The number of para-hydroxylation sites is 1. The molecule has 5 rings (SSSR count). The Morgan fingerprint density at radius 2 is 1.67 bits per heavy atom. The van der Waals surface area contributed by atoms with E-state index in [4.69, 9.17) is 0 Å². The first kappa shape index (κ1) is 20.9. The van der Waals surface area contributed by atoms with E-state index in [0.29, 0.717) is 11.8 Å². The number of nitrogens with one attached hydrogen (secondary N) is 3. The summed E-state index contributed by atoms with van der Waals surface area (Å²) in [7, 11) is 0. The first-order valence-corrected chi connectivity index (χ1v) is 11.3. The highest BCUT2D eigenvalue weighted by Gasteiger charge is 2.61. The Morgan fingerprint density at radius 1 is 1.03 bits per heavy atom. The maximum absolute atomic E-state index is 13.9. The molecule has 1 aromatic rings. The molecule has 3 N–H and O–H groups in total. The first-order valence-electron chi connectivity index (χ1n) is 11.3. The van der Waals surface area contributed by atoms with Gasteiger partial charge in [-0.1, -0.05) is 25.1 Å². The lowest BCUT2D eigenvalue weighted by Crippen LogP contribution is -2.71. The molecule has 0 spiro atoms. The molecule has 0 aliphatic heterocycles. The number of hydrogen-bond acceptors (Lipinski definition) is 3. The second kappa shape index (κ2) is 8.05. The molecule has 0 heterocycles. The minimum Gasteiger partial charge on any atom is -0.347 e. The Hall–Kier alpha value is -2.37. The van der Waals surface area contributed by atoms with Crippen molar-refractivity contribution in [3.8, 4) is 0 Å². The van der Waals surface area contributed by atoms with E-state index in [1.165, 1.54) is 13.3 Å². The highest BCUT2D eigenvalue weighted by atomic mass is 16.2. The predicted molar refractivity (Wildman–Crippen MR) is 116 cm³/mol. The molecule has 4 aliphatic rings. The molecular formula is C24H33N3O3. The van der Waals surface area contributed by atoms with Crippen molar-refractivity contribution in [3.05, 3.63) is 29.3 Å². The second-order valence-corrected chi connectivity index (χ2v) is 9.55. The molecule has 30 heavy (non-hydrogen) atoms. The van der Waals surface area contributed by atoms with E-state index in [9.17, 15) is 14.4 Å². The lowest BCUT2D eigenvalue weighted by atomic mass is 9.48. The van der Waals surface area contributed by atoms with E-state index in [2.05, 4.69) is 22.9 Å². The van der Waals surface area contributed by atoms with Crippen LogP contribution in [0.1, 0.15) is 57.1 Å². The largest absolute Gasteiger partial charge is 0.347 e. The van der Waals surface area contributed by atoms with Crippen molar-refractivity contribution in [2.45, 2.75) is 64.8 Å². The molecule has 3 amide bonds. The Balaban J connectivity index is 1.65. The van der Waals surface area contributed by atoms with E-state index < -0.39 is 5.54 Å². The van der Waals surface area contributed by atoms with Crippen LogP contribution in [0.2, 0.25) is 0 Å². The van der Waals surface area contributed by atoms with Gasteiger partial charge in [-0.25, -0.2) is 0 Å². The molecule has 0 saturated heterocycles. The molecule has 0 unspecified atom stereocenters. The molecule has 6 heteroatoms. The van der Waals surface area contributed by atoms with Crippen LogP contribution in [-0.4, -0.2) is 29.8 Å². The molecule has 4 aliphatic carbocycles. The third-order valence-electron chi connectivity index (χ3n) is 7.62. The molecular weight excluding hydrogens is 378 g/mol. The summed E-state index contributed by atoms with van der Waals surface area (Å²) in [6.07, 6.45) is 6.08. The monoisotopic (exact) mass is 411 g/mol. The van der Waals surface area contributed by atoms with E-state index in [1.807, 2.05) is 25.1 Å². The van der Waals surface area contributed by atoms with Crippen LogP contribution in [-0.2, 0) is 20.8 Å². The van der Waals surface area contributed by atoms with Gasteiger partial charge in [-0.05, 0) is 80.2 Å². The molecule has 6 nitrogen and oxygen atoms in total. The smallest absolute Gasteiger partial charge is 0.250 e. The van der Waals surface area contributed by atoms with Crippen molar-refractivity contribution in [3.63, 3.8) is 0 Å². The number of carbonyl (C=O) groups excluding carboxylic acids is 3. The molecule has 0 radical (unpaired) electrons. The SMILES string of the molecule is CCc1cccc(C)c1NC(=O)C1(NC(=O)CNC(C)=O)C2CC3CC(C2)CC1C3. The number of benzene rings is 1. The average molecular weight is 412 g/mol. The van der Waals surface area contributed by atoms with Gasteiger partial charge in [-0.15, -0.1) is 0 Å². The number of anilines is 1. The number of amides is 3. The third kappa shape index (κ3) is 3.61. The Kier molecular flexibility index (Phi) is 5.60. The zero-order valence-corrected chi connectivity index (χ0v) is 18.2. The van der Waals surface area contributed by atoms with Gasteiger partial charge in [0.25, 0.3) is 5.91 Å². The van der Waals surface area contributed by atoms with Crippen LogP contribution >= 0.6 is 0 Å². The van der Waals surface area contributed by atoms with Crippen LogP contribution < -0.4 is 16.0 Å². The maximum atomic E-state index is 13.9. The van der Waals surface area contributed by atoms with Crippen molar-refractivity contribution in [2.24, 2.45) is 23.7 Å². The van der Waals surface area contributed by atoms with Crippen molar-refractivity contribution in [2.75, 3.05) is 11.9 Å². The normalized spacial score (nSPS) is 31.3. The fraction of sp³-hybridized carbons (Fsp3) is 0.625. The minimum absolute atomic E-state index is 0.0866. The van der Waals surface area contributed by atoms with Crippen molar-refractivity contribution in [1.82, 2.24) is 10.6 Å². The predicted octanol–water partition coefficient (Wildman–Crippen LogP) is 2.94. The van der Waals surface area contributed by atoms with Crippen LogP contribution in [0.5, 0.6) is 0 Å². The topological polar surface area (TPSA) is 87.3 Å². The van der Waals surface area contributed by atoms with Crippen molar-refractivity contribution >= 4 is 23.4 Å². The van der Waals surface area contributed by atoms with Gasteiger partial charge in [-0.2, -0.15) is 0 Å². The summed E-state index contributed by atoms with van der Waals surface area (Å²) in [4.78, 5) is 38.0. The standard InChI is InChI=1S/C24H33N3O3/c1-4-18-7-5-6-14(2)22(18)26-23(30)24(27-21(29)13-25-15(3)28)19-9-16-8-17(11-19)12-20(24)10-16/h5-7,16-17,19-20H,4,8-13H2,1-3H3,(H,25,28)(H,26,30)(H,27,29). The van der Waals surface area contributed by atoms with Crippen LogP contribution in [0.4, 0.5) is 5.69 Å². The van der Waals surface area contributed by atoms with Gasteiger partial charge in [-0.3, -0.25) is 14.4 Å². The summed E-state index contributed by atoms with van der Waals surface area (Å²) < 4.78 is 0. The minimum atomic E-state index is -0.893. The van der Waals surface area contributed by atoms with Crippen LogP contribution in [0.25, 0.3) is 0 Å². The molecule has 1 aromatic carbocycles. The number of carbonyl (C=O) groups is 3. The summed E-state index contributed by atoms with van der Waals surface area (Å²) >= 11 is 0. The quantitative estimate of drug-likeness (QED) is 0.673. The summed E-state index contributed by atoms with van der Waals surface area (Å²) in [5, 5.41) is 8.94. The van der Waals surface area contributed by atoms with Crippen LogP contribution in [0, 0.1) is 30.6 Å². The Labute approximate surface area is 178 Å². The fourth-order valence-corrected chi connectivity index (χ4v) is 6.46. The van der Waals surface area contributed by atoms with Gasteiger partial charge in [0, 0.05) is 12.6 Å². The zero-order chi connectivity index (χ0) is 21.5. The lowest BCUT2D eigenvalue weighted by Gasteiger charge is -2.60. The molecule has 4 fully saturated rings. The number of hydrogen-bond donors (Lipinski definition) is 3. The zero-order valence-electron chi connectivity index (χ0n) is 18.2. The Morgan fingerprint density at radius 3 is 2.23 bits per heavy atom. The maximum Gasteiger partial charge on any atom is 0.250 e. The van der Waals surface area contributed by atoms with Gasteiger partial charge < -0.3 is 16.0 Å². The van der Waals surface area contributed by atoms with Gasteiger partial charge in [0.1, 0.15) is 5.54 Å². The summed E-state index contributed by atoms with van der Waals surface area (Å²) in [6, 6.07) is 6.06.